The lowest BCUT2D eigenvalue weighted by Crippen LogP contribution is -2.32. The molecule has 0 aromatic heterocycles. The van der Waals surface area contributed by atoms with Crippen molar-refractivity contribution in [3.63, 3.8) is 0 Å². The number of hydrogen-bond donors (Lipinski definition) is 0. The van der Waals surface area contributed by atoms with Gasteiger partial charge in [-0.2, -0.15) is 0 Å². The van der Waals surface area contributed by atoms with Gasteiger partial charge in [0, 0.05) is 20.7 Å². The van der Waals surface area contributed by atoms with Crippen LogP contribution in [0, 0.1) is 0 Å². The van der Waals surface area contributed by atoms with Crippen molar-refractivity contribution in [2.24, 2.45) is 0 Å². The molecule has 0 N–H and O–H groups in total. The van der Waals surface area contributed by atoms with Crippen molar-refractivity contribution in [1.29, 1.82) is 0 Å². The molecule has 2 rings (SSSR count). The minimum absolute atomic E-state index is 0.192. The fraction of sp³-hybridized carbons (Fsp3) is 0.417. The van der Waals surface area contributed by atoms with Crippen LogP contribution in [-0.2, 0) is 29.1 Å². The van der Waals surface area contributed by atoms with E-state index in [1.807, 2.05) is 7.05 Å². The van der Waals surface area contributed by atoms with Crippen molar-refractivity contribution >= 4 is 5.91 Å². The number of hydrogen-bond acceptors (Lipinski definition) is 2. The van der Waals surface area contributed by atoms with Crippen LogP contribution in [0.15, 0.2) is 18.2 Å². The van der Waals surface area contributed by atoms with Crippen LogP contribution in [-0.4, -0.2) is 25.0 Å². The molecule has 0 saturated carbocycles. The summed E-state index contributed by atoms with van der Waals surface area (Å²) in [4.78, 5) is 13.3. The van der Waals surface area contributed by atoms with E-state index in [0.29, 0.717) is 13.0 Å². The first-order valence-corrected chi connectivity index (χ1v) is 5.04. The number of methoxy groups -OCH3 is 1. The first-order chi connectivity index (χ1) is 7.20. The fourth-order valence-electron chi connectivity index (χ4n) is 1.90. The highest BCUT2D eigenvalue weighted by Gasteiger charge is 2.19. The van der Waals surface area contributed by atoms with Gasteiger partial charge in [-0.05, 0) is 16.7 Å². The highest BCUT2D eigenvalue weighted by atomic mass is 16.5. The predicted molar refractivity (Wildman–Crippen MR) is 57.3 cm³/mol. The zero-order chi connectivity index (χ0) is 10.8. The van der Waals surface area contributed by atoms with Gasteiger partial charge >= 0.3 is 0 Å². The number of likely N-dealkylation sites (N-methyl/N-ethyl adjacent to an activating group) is 1. The van der Waals surface area contributed by atoms with Gasteiger partial charge in [0.1, 0.15) is 0 Å². The molecule has 1 aromatic rings. The van der Waals surface area contributed by atoms with E-state index < -0.39 is 0 Å². The van der Waals surface area contributed by atoms with E-state index >= 15 is 0 Å². The van der Waals surface area contributed by atoms with E-state index in [1.165, 1.54) is 5.56 Å². The van der Waals surface area contributed by atoms with Gasteiger partial charge in [-0.15, -0.1) is 0 Å². The molecule has 1 amide bonds. The fourth-order valence-corrected chi connectivity index (χ4v) is 1.90. The zero-order valence-electron chi connectivity index (χ0n) is 9.12. The second kappa shape index (κ2) is 4.03. The third kappa shape index (κ3) is 2.02. The number of nitrogens with zero attached hydrogens (tertiary/aromatic N) is 1. The van der Waals surface area contributed by atoms with Gasteiger partial charge in [-0.25, -0.2) is 0 Å². The van der Waals surface area contributed by atoms with Crippen molar-refractivity contribution in [3.05, 3.63) is 34.9 Å². The SMILES string of the molecule is COCc1ccc2c(c1)CC(=O)N(C)C2. The molecule has 0 radical (unpaired) electrons. The smallest absolute Gasteiger partial charge is 0.227 e. The average molecular weight is 205 g/mol. The van der Waals surface area contributed by atoms with Crippen LogP contribution in [0.5, 0.6) is 0 Å². The van der Waals surface area contributed by atoms with Crippen molar-refractivity contribution in [1.82, 2.24) is 4.90 Å². The maximum Gasteiger partial charge on any atom is 0.227 e. The number of ether oxygens (including phenoxy) is 1. The Morgan fingerprint density at radius 2 is 2.20 bits per heavy atom. The summed E-state index contributed by atoms with van der Waals surface area (Å²) in [5.74, 6) is 0.192. The summed E-state index contributed by atoms with van der Waals surface area (Å²) in [7, 11) is 3.52. The summed E-state index contributed by atoms with van der Waals surface area (Å²) in [6.07, 6.45) is 0.517. The molecule has 0 atom stereocenters. The number of carbonyl (C=O) groups is 1. The molecule has 0 bridgehead atoms. The lowest BCUT2D eigenvalue weighted by Gasteiger charge is -2.25. The quantitative estimate of drug-likeness (QED) is 0.729. The second-order valence-corrected chi connectivity index (χ2v) is 3.96. The summed E-state index contributed by atoms with van der Waals surface area (Å²) in [6.45, 7) is 1.33. The molecule has 1 aromatic carbocycles. The standard InChI is InChI=1S/C12H15NO2/c1-13-7-10-4-3-9(8-15-2)5-11(10)6-12(13)14/h3-5H,6-8H2,1-2H3. The Morgan fingerprint density at radius 1 is 1.40 bits per heavy atom. The van der Waals surface area contributed by atoms with Crippen molar-refractivity contribution < 1.29 is 9.53 Å². The summed E-state index contributed by atoms with van der Waals surface area (Å²) in [6, 6.07) is 6.22. The molecule has 80 valence electrons. The van der Waals surface area contributed by atoms with Crippen molar-refractivity contribution in [2.45, 2.75) is 19.6 Å². The van der Waals surface area contributed by atoms with Gasteiger partial charge in [0.25, 0.3) is 0 Å². The predicted octanol–water partition coefficient (Wildman–Crippen LogP) is 1.35. The molecule has 1 aliphatic heterocycles. The molecule has 1 heterocycles. The largest absolute Gasteiger partial charge is 0.380 e. The molecular weight excluding hydrogens is 190 g/mol. The zero-order valence-corrected chi connectivity index (χ0v) is 9.12. The number of rotatable bonds is 2. The van der Waals surface area contributed by atoms with Gasteiger partial charge in [-0.1, -0.05) is 18.2 Å². The Morgan fingerprint density at radius 3 is 2.93 bits per heavy atom. The van der Waals surface area contributed by atoms with E-state index in [1.54, 1.807) is 12.0 Å². The Kier molecular flexibility index (Phi) is 2.73. The number of fused-ring (bicyclic) bond motifs is 1. The maximum absolute atomic E-state index is 11.5. The highest BCUT2D eigenvalue weighted by Crippen LogP contribution is 2.20. The van der Waals surface area contributed by atoms with Crippen LogP contribution in [0.1, 0.15) is 16.7 Å². The lowest BCUT2D eigenvalue weighted by molar-refractivity contribution is -0.130. The molecular formula is C12H15NO2. The van der Waals surface area contributed by atoms with E-state index in [9.17, 15) is 4.79 Å². The van der Waals surface area contributed by atoms with Gasteiger partial charge in [-0.3, -0.25) is 4.79 Å². The third-order valence-electron chi connectivity index (χ3n) is 2.76. The maximum atomic E-state index is 11.5. The second-order valence-electron chi connectivity index (χ2n) is 3.96. The molecule has 3 heteroatoms. The number of benzene rings is 1. The van der Waals surface area contributed by atoms with Crippen LogP contribution in [0.25, 0.3) is 0 Å². The molecule has 0 fully saturated rings. The Bertz CT molecular complexity index is 387. The summed E-state index contributed by atoms with van der Waals surface area (Å²) in [5.41, 5.74) is 3.53. The van der Waals surface area contributed by atoms with Crippen LogP contribution < -0.4 is 0 Å². The monoisotopic (exact) mass is 205 g/mol. The first-order valence-electron chi connectivity index (χ1n) is 5.04. The summed E-state index contributed by atoms with van der Waals surface area (Å²) < 4.78 is 5.07. The molecule has 1 aliphatic rings. The molecule has 15 heavy (non-hydrogen) atoms. The molecule has 0 spiro atoms. The Balaban J connectivity index is 2.29. The van der Waals surface area contributed by atoms with Gasteiger partial charge in [0.15, 0.2) is 0 Å². The Labute approximate surface area is 89.7 Å². The van der Waals surface area contributed by atoms with Crippen molar-refractivity contribution in [2.75, 3.05) is 14.2 Å². The van der Waals surface area contributed by atoms with Crippen LogP contribution in [0.2, 0.25) is 0 Å². The molecule has 0 saturated heterocycles. The van der Waals surface area contributed by atoms with E-state index in [0.717, 1.165) is 17.7 Å². The minimum Gasteiger partial charge on any atom is -0.380 e. The molecule has 3 nitrogen and oxygen atoms in total. The third-order valence-corrected chi connectivity index (χ3v) is 2.76. The minimum atomic E-state index is 0.192. The summed E-state index contributed by atoms with van der Waals surface area (Å²) >= 11 is 0. The molecule has 0 aliphatic carbocycles. The van der Waals surface area contributed by atoms with E-state index in [2.05, 4.69) is 18.2 Å². The van der Waals surface area contributed by atoms with Crippen LogP contribution >= 0.6 is 0 Å². The number of carbonyl (C=O) groups excluding carboxylic acids is 1. The van der Waals surface area contributed by atoms with Gasteiger partial charge in [0.2, 0.25) is 5.91 Å². The average Bonchev–Trinajstić information content (AvgIpc) is 2.21. The lowest BCUT2D eigenvalue weighted by atomic mass is 9.97. The van der Waals surface area contributed by atoms with Gasteiger partial charge < -0.3 is 9.64 Å². The molecule has 0 unspecified atom stereocenters. The summed E-state index contributed by atoms with van der Waals surface area (Å²) in [5, 5.41) is 0. The van der Waals surface area contributed by atoms with Crippen molar-refractivity contribution in [3.8, 4) is 0 Å². The van der Waals surface area contributed by atoms with E-state index in [-0.39, 0.29) is 5.91 Å². The van der Waals surface area contributed by atoms with Crippen LogP contribution in [0.3, 0.4) is 0 Å². The highest BCUT2D eigenvalue weighted by molar-refractivity contribution is 5.80. The topological polar surface area (TPSA) is 29.5 Å². The first kappa shape index (κ1) is 10.2. The normalized spacial score (nSPS) is 15.3. The number of amides is 1. The Hall–Kier alpha value is -1.35. The van der Waals surface area contributed by atoms with E-state index in [4.69, 9.17) is 4.74 Å². The van der Waals surface area contributed by atoms with Crippen LogP contribution in [0.4, 0.5) is 0 Å². The van der Waals surface area contributed by atoms with Gasteiger partial charge in [0.05, 0.1) is 13.0 Å².